The summed E-state index contributed by atoms with van der Waals surface area (Å²) in [6.45, 7) is 6.40. The summed E-state index contributed by atoms with van der Waals surface area (Å²) in [7, 11) is 0. The number of nitrogens with zero attached hydrogens (tertiary/aromatic N) is 1. The highest BCUT2D eigenvalue weighted by molar-refractivity contribution is 14.1. The molecule has 0 aromatic carbocycles. The molecule has 12 heavy (non-hydrogen) atoms. The smallest absolute Gasteiger partial charge is 0.103 e. The van der Waals surface area contributed by atoms with Crippen molar-refractivity contribution in [1.82, 2.24) is 4.98 Å². The topological polar surface area (TPSA) is 38.9 Å². The molecule has 1 rings (SSSR count). The van der Waals surface area contributed by atoms with Crippen LogP contribution in [0, 0.1) is 3.70 Å². The number of halogens is 1. The van der Waals surface area contributed by atoms with Crippen LogP contribution in [0.1, 0.15) is 26.3 Å². The van der Waals surface area contributed by atoms with Gasteiger partial charge in [-0.25, -0.2) is 4.98 Å². The van der Waals surface area contributed by atoms with Crippen LogP contribution in [-0.4, -0.2) is 4.98 Å². The van der Waals surface area contributed by atoms with Gasteiger partial charge in [-0.3, -0.25) is 0 Å². The van der Waals surface area contributed by atoms with Crippen LogP contribution >= 0.6 is 22.6 Å². The SMILES string of the molecule is CC(C)(C)c1cnc(I)cc1N. The Balaban J connectivity index is 3.19. The van der Waals surface area contributed by atoms with Gasteiger partial charge >= 0.3 is 0 Å². The Morgan fingerprint density at radius 1 is 1.42 bits per heavy atom. The van der Waals surface area contributed by atoms with Crippen molar-refractivity contribution < 1.29 is 0 Å². The first kappa shape index (κ1) is 9.77. The Bertz CT molecular complexity index is 289. The van der Waals surface area contributed by atoms with Crippen LogP contribution in [0.2, 0.25) is 0 Å². The molecule has 2 N–H and O–H groups in total. The van der Waals surface area contributed by atoms with Gasteiger partial charge in [0.25, 0.3) is 0 Å². The molecule has 0 radical (unpaired) electrons. The van der Waals surface area contributed by atoms with E-state index in [0.717, 1.165) is 15.0 Å². The minimum Gasteiger partial charge on any atom is -0.398 e. The maximum Gasteiger partial charge on any atom is 0.103 e. The molecule has 0 atom stereocenters. The second kappa shape index (κ2) is 3.20. The molecule has 2 nitrogen and oxygen atoms in total. The lowest BCUT2D eigenvalue weighted by Crippen LogP contribution is -2.14. The molecule has 66 valence electrons. The summed E-state index contributed by atoms with van der Waals surface area (Å²) in [6, 6.07) is 1.90. The second-order valence-corrected chi connectivity index (χ2v) is 4.95. The number of rotatable bonds is 0. The van der Waals surface area contributed by atoms with Crippen molar-refractivity contribution in [1.29, 1.82) is 0 Å². The van der Waals surface area contributed by atoms with E-state index in [2.05, 4.69) is 48.3 Å². The molecule has 0 aliphatic heterocycles. The first-order chi connectivity index (χ1) is 5.41. The zero-order valence-corrected chi connectivity index (χ0v) is 9.71. The van der Waals surface area contributed by atoms with Crippen LogP contribution in [0.25, 0.3) is 0 Å². The zero-order valence-electron chi connectivity index (χ0n) is 7.56. The normalized spacial score (nSPS) is 11.7. The lowest BCUT2D eigenvalue weighted by molar-refractivity contribution is 0.589. The van der Waals surface area contributed by atoms with Crippen LogP contribution in [-0.2, 0) is 5.41 Å². The first-order valence-corrected chi connectivity index (χ1v) is 4.90. The van der Waals surface area contributed by atoms with Crippen molar-refractivity contribution in [3.8, 4) is 0 Å². The van der Waals surface area contributed by atoms with Gasteiger partial charge < -0.3 is 5.73 Å². The molecule has 0 amide bonds. The van der Waals surface area contributed by atoms with Crippen LogP contribution in [0.15, 0.2) is 12.3 Å². The van der Waals surface area contributed by atoms with Crippen molar-refractivity contribution in [3.05, 3.63) is 21.5 Å². The predicted octanol–water partition coefficient (Wildman–Crippen LogP) is 2.57. The van der Waals surface area contributed by atoms with Gasteiger partial charge in [-0.1, -0.05) is 20.8 Å². The fraction of sp³-hybridized carbons (Fsp3) is 0.444. The quantitative estimate of drug-likeness (QED) is 0.584. The fourth-order valence-electron chi connectivity index (χ4n) is 1.07. The lowest BCUT2D eigenvalue weighted by atomic mass is 9.87. The summed E-state index contributed by atoms with van der Waals surface area (Å²) in [5.74, 6) is 0. The van der Waals surface area contributed by atoms with Gasteiger partial charge in [0, 0.05) is 11.9 Å². The molecule has 0 saturated carbocycles. The van der Waals surface area contributed by atoms with Gasteiger partial charge in [0.15, 0.2) is 0 Å². The molecule has 1 aromatic heterocycles. The lowest BCUT2D eigenvalue weighted by Gasteiger charge is -2.20. The van der Waals surface area contributed by atoms with E-state index in [1.54, 1.807) is 0 Å². The summed E-state index contributed by atoms with van der Waals surface area (Å²) >= 11 is 2.16. The van der Waals surface area contributed by atoms with E-state index in [-0.39, 0.29) is 5.41 Å². The molecule has 0 fully saturated rings. The minimum absolute atomic E-state index is 0.0847. The molecule has 1 heterocycles. The van der Waals surface area contributed by atoms with Crippen LogP contribution in [0.3, 0.4) is 0 Å². The summed E-state index contributed by atoms with van der Waals surface area (Å²) in [4.78, 5) is 4.21. The monoisotopic (exact) mass is 276 g/mol. The number of pyridine rings is 1. The summed E-state index contributed by atoms with van der Waals surface area (Å²) in [5, 5.41) is 0. The number of nitrogen functional groups attached to an aromatic ring is 1. The number of aromatic nitrogens is 1. The molecule has 0 saturated heterocycles. The van der Waals surface area contributed by atoms with Crippen molar-refractivity contribution >= 4 is 28.3 Å². The van der Waals surface area contributed by atoms with Crippen molar-refractivity contribution in [3.63, 3.8) is 0 Å². The molecule has 0 spiro atoms. The molecule has 3 heteroatoms. The van der Waals surface area contributed by atoms with Gasteiger partial charge in [-0.15, -0.1) is 0 Å². The summed E-state index contributed by atoms with van der Waals surface area (Å²) < 4.78 is 0.943. The molecular weight excluding hydrogens is 263 g/mol. The van der Waals surface area contributed by atoms with Gasteiger partial charge in [0.1, 0.15) is 3.70 Å². The number of anilines is 1. The van der Waals surface area contributed by atoms with Gasteiger partial charge in [-0.2, -0.15) is 0 Å². The maximum absolute atomic E-state index is 5.86. The van der Waals surface area contributed by atoms with E-state index < -0.39 is 0 Å². The first-order valence-electron chi connectivity index (χ1n) is 3.83. The van der Waals surface area contributed by atoms with E-state index >= 15 is 0 Å². The fourth-order valence-corrected chi connectivity index (χ4v) is 1.55. The molecule has 0 bridgehead atoms. The van der Waals surface area contributed by atoms with Crippen LogP contribution in [0.5, 0.6) is 0 Å². The Morgan fingerprint density at radius 2 is 2.00 bits per heavy atom. The van der Waals surface area contributed by atoms with Crippen molar-refractivity contribution in [2.45, 2.75) is 26.2 Å². The molecule has 1 aromatic rings. The number of hydrogen-bond acceptors (Lipinski definition) is 2. The summed E-state index contributed by atoms with van der Waals surface area (Å²) in [5.41, 5.74) is 7.90. The zero-order chi connectivity index (χ0) is 9.35. The Kier molecular flexibility index (Phi) is 2.61. The Morgan fingerprint density at radius 3 is 2.42 bits per heavy atom. The van der Waals surface area contributed by atoms with Gasteiger partial charge in [-0.05, 0) is 39.6 Å². The van der Waals surface area contributed by atoms with Crippen molar-refractivity contribution in [2.75, 3.05) is 5.73 Å². The Labute approximate surface area is 86.7 Å². The van der Waals surface area contributed by atoms with Gasteiger partial charge in [0.05, 0.1) is 0 Å². The third-order valence-electron chi connectivity index (χ3n) is 1.71. The maximum atomic E-state index is 5.86. The molecule has 0 aliphatic rings. The number of hydrogen-bond donors (Lipinski definition) is 1. The average molecular weight is 276 g/mol. The van der Waals surface area contributed by atoms with E-state index in [0.29, 0.717) is 0 Å². The third-order valence-corrected chi connectivity index (χ3v) is 2.30. The molecule has 0 aliphatic carbocycles. The average Bonchev–Trinajstić information content (AvgIpc) is 1.83. The Hall–Kier alpha value is -0.320. The highest BCUT2D eigenvalue weighted by Crippen LogP contribution is 2.27. The highest BCUT2D eigenvalue weighted by atomic mass is 127. The number of nitrogens with two attached hydrogens (primary N) is 1. The second-order valence-electron chi connectivity index (χ2n) is 3.84. The highest BCUT2D eigenvalue weighted by Gasteiger charge is 2.16. The standard InChI is InChI=1S/C9H13IN2/c1-9(2,3)6-5-12-8(10)4-7(6)11/h4-5H,1-3H3,(H2,11,12). The predicted molar refractivity (Wildman–Crippen MR) is 60.1 cm³/mol. The minimum atomic E-state index is 0.0847. The molecular formula is C9H13IN2. The van der Waals surface area contributed by atoms with E-state index in [4.69, 9.17) is 5.73 Å². The molecule has 0 unspecified atom stereocenters. The van der Waals surface area contributed by atoms with Crippen LogP contribution < -0.4 is 5.73 Å². The van der Waals surface area contributed by atoms with E-state index in [1.807, 2.05) is 12.3 Å². The van der Waals surface area contributed by atoms with Crippen LogP contribution in [0.4, 0.5) is 5.69 Å². The van der Waals surface area contributed by atoms with Crippen molar-refractivity contribution in [2.24, 2.45) is 0 Å². The summed E-state index contributed by atoms with van der Waals surface area (Å²) in [6.07, 6.45) is 1.86. The van der Waals surface area contributed by atoms with E-state index in [1.165, 1.54) is 0 Å². The largest absolute Gasteiger partial charge is 0.398 e. The van der Waals surface area contributed by atoms with E-state index in [9.17, 15) is 0 Å². The third kappa shape index (κ3) is 2.09. The van der Waals surface area contributed by atoms with Gasteiger partial charge in [0.2, 0.25) is 0 Å².